The summed E-state index contributed by atoms with van der Waals surface area (Å²) < 4.78 is 2.54. The first-order chi connectivity index (χ1) is 8.74. The summed E-state index contributed by atoms with van der Waals surface area (Å²) in [5, 5.41) is 7.15. The predicted molar refractivity (Wildman–Crippen MR) is 76.7 cm³/mol. The van der Waals surface area contributed by atoms with Gasteiger partial charge in [0.2, 0.25) is 5.95 Å². The highest BCUT2D eigenvalue weighted by molar-refractivity contribution is 7.71. The van der Waals surface area contributed by atoms with Gasteiger partial charge in [-0.2, -0.15) is 0 Å². The van der Waals surface area contributed by atoms with Gasteiger partial charge in [0.25, 0.3) is 0 Å². The Balaban J connectivity index is 2.37. The first kappa shape index (κ1) is 12.8. The van der Waals surface area contributed by atoms with Gasteiger partial charge in [-0.1, -0.05) is 31.5 Å². The second kappa shape index (κ2) is 5.82. The number of nitrogens with zero attached hydrogens (tertiary/aromatic N) is 3. The highest BCUT2D eigenvalue weighted by Crippen LogP contribution is 2.23. The van der Waals surface area contributed by atoms with E-state index in [0.29, 0.717) is 4.77 Å². The molecular weight excluding hydrogens is 244 g/mol. The van der Waals surface area contributed by atoms with Crippen LogP contribution in [0.25, 0.3) is 0 Å². The molecule has 5 heteroatoms. The second-order valence-electron chi connectivity index (χ2n) is 4.23. The van der Waals surface area contributed by atoms with Crippen LogP contribution in [0.2, 0.25) is 0 Å². The van der Waals surface area contributed by atoms with Crippen LogP contribution in [0.5, 0.6) is 0 Å². The van der Waals surface area contributed by atoms with Crippen molar-refractivity contribution >= 4 is 23.9 Å². The second-order valence-corrected chi connectivity index (χ2v) is 4.62. The van der Waals surface area contributed by atoms with Crippen LogP contribution in [-0.2, 0) is 7.05 Å². The smallest absolute Gasteiger partial charge is 0.229 e. The standard InChI is InChI=1S/C13H18N4S/c1-3-4-10-17(11-8-6-5-7-9-11)12-14-15-13(18)16(12)2/h5-9H,3-4,10H2,1-2H3,(H,15,18). The van der Waals surface area contributed by atoms with Gasteiger partial charge in [-0.05, 0) is 30.8 Å². The highest BCUT2D eigenvalue weighted by atomic mass is 32.1. The fraction of sp³-hybridized carbons (Fsp3) is 0.385. The molecule has 4 nitrogen and oxygen atoms in total. The lowest BCUT2D eigenvalue weighted by molar-refractivity contribution is 0.751. The van der Waals surface area contributed by atoms with Crippen molar-refractivity contribution in [2.45, 2.75) is 19.8 Å². The summed E-state index contributed by atoms with van der Waals surface area (Å²) in [5.41, 5.74) is 1.14. The Labute approximate surface area is 112 Å². The lowest BCUT2D eigenvalue weighted by Crippen LogP contribution is -2.21. The molecule has 0 aliphatic heterocycles. The van der Waals surface area contributed by atoms with Gasteiger partial charge in [0, 0.05) is 19.3 Å². The van der Waals surface area contributed by atoms with Crippen LogP contribution in [0.15, 0.2) is 30.3 Å². The summed E-state index contributed by atoms with van der Waals surface area (Å²) >= 11 is 5.17. The summed E-state index contributed by atoms with van der Waals surface area (Å²) in [6.45, 7) is 3.13. The van der Waals surface area contributed by atoms with Crippen molar-refractivity contribution in [1.29, 1.82) is 0 Å². The fourth-order valence-electron chi connectivity index (χ4n) is 1.85. The molecule has 1 aromatic carbocycles. The summed E-state index contributed by atoms with van der Waals surface area (Å²) in [5.74, 6) is 0.861. The number of aromatic amines is 1. The molecule has 1 heterocycles. The van der Waals surface area contributed by atoms with Gasteiger partial charge in [-0.15, -0.1) is 5.10 Å². The minimum atomic E-state index is 0.641. The Morgan fingerprint density at radius 1 is 1.33 bits per heavy atom. The van der Waals surface area contributed by atoms with Gasteiger partial charge in [0.1, 0.15) is 0 Å². The van der Waals surface area contributed by atoms with Gasteiger partial charge >= 0.3 is 0 Å². The average Bonchev–Trinajstić information content (AvgIpc) is 2.73. The molecular formula is C13H18N4S. The minimum Gasteiger partial charge on any atom is -0.311 e. The third-order valence-electron chi connectivity index (χ3n) is 2.90. The van der Waals surface area contributed by atoms with Crippen molar-refractivity contribution in [1.82, 2.24) is 14.8 Å². The third-order valence-corrected chi connectivity index (χ3v) is 3.27. The van der Waals surface area contributed by atoms with E-state index in [1.165, 1.54) is 0 Å². The van der Waals surface area contributed by atoms with Crippen LogP contribution < -0.4 is 4.90 Å². The number of nitrogens with one attached hydrogen (secondary N) is 1. The SMILES string of the molecule is CCCCN(c1ccccc1)c1n[nH]c(=S)n1C. The number of hydrogen-bond donors (Lipinski definition) is 1. The number of rotatable bonds is 5. The van der Waals surface area contributed by atoms with Crippen molar-refractivity contribution in [3.8, 4) is 0 Å². The van der Waals surface area contributed by atoms with Gasteiger partial charge < -0.3 is 4.90 Å². The number of H-pyrrole nitrogens is 1. The Hall–Kier alpha value is -1.62. The van der Waals surface area contributed by atoms with Crippen molar-refractivity contribution in [2.75, 3.05) is 11.4 Å². The quantitative estimate of drug-likeness (QED) is 0.839. The van der Waals surface area contributed by atoms with Crippen molar-refractivity contribution in [3.63, 3.8) is 0 Å². The minimum absolute atomic E-state index is 0.641. The van der Waals surface area contributed by atoms with E-state index in [1.807, 2.05) is 29.8 Å². The zero-order chi connectivity index (χ0) is 13.0. The van der Waals surface area contributed by atoms with E-state index in [4.69, 9.17) is 12.2 Å². The Bertz CT molecular complexity index is 544. The van der Waals surface area contributed by atoms with E-state index >= 15 is 0 Å². The molecule has 18 heavy (non-hydrogen) atoms. The molecule has 0 aliphatic carbocycles. The third kappa shape index (κ3) is 2.61. The van der Waals surface area contributed by atoms with E-state index in [1.54, 1.807) is 0 Å². The lowest BCUT2D eigenvalue weighted by Gasteiger charge is -2.22. The average molecular weight is 262 g/mol. The number of aromatic nitrogens is 3. The molecule has 0 unspecified atom stereocenters. The summed E-state index contributed by atoms with van der Waals surface area (Å²) in [6.07, 6.45) is 2.27. The fourth-order valence-corrected chi connectivity index (χ4v) is 1.98. The van der Waals surface area contributed by atoms with Crippen LogP contribution in [0.3, 0.4) is 0 Å². The molecule has 2 rings (SSSR count). The molecule has 0 atom stereocenters. The van der Waals surface area contributed by atoms with Crippen molar-refractivity contribution in [3.05, 3.63) is 35.1 Å². The molecule has 1 aromatic heterocycles. The Kier molecular flexibility index (Phi) is 4.15. The maximum Gasteiger partial charge on any atom is 0.229 e. The lowest BCUT2D eigenvalue weighted by atomic mass is 10.2. The maximum atomic E-state index is 5.17. The van der Waals surface area contributed by atoms with Gasteiger partial charge in [0.05, 0.1) is 0 Å². The number of benzene rings is 1. The first-order valence-electron chi connectivity index (χ1n) is 6.18. The van der Waals surface area contributed by atoms with Crippen LogP contribution in [-0.4, -0.2) is 21.3 Å². The largest absolute Gasteiger partial charge is 0.311 e. The summed E-state index contributed by atoms with van der Waals surface area (Å²) in [4.78, 5) is 2.19. The first-order valence-corrected chi connectivity index (χ1v) is 6.59. The highest BCUT2D eigenvalue weighted by Gasteiger charge is 2.13. The molecule has 0 saturated carbocycles. The molecule has 96 valence electrons. The zero-order valence-electron chi connectivity index (χ0n) is 10.8. The van der Waals surface area contributed by atoms with Gasteiger partial charge in [-0.3, -0.25) is 4.57 Å². The van der Waals surface area contributed by atoms with E-state index in [9.17, 15) is 0 Å². The number of anilines is 2. The van der Waals surface area contributed by atoms with E-state index in [0.717, 1.165) is 31.0 Å². The van der Waals surface area contributed by atoms with Crippen LogP contribution in [0.4, 0.5) is 11.6 Å². The molecule has 0 radical (unpaired) electrons. The molecule has 0 saturated heterocycles. The van der Waals surface area contributed by atoms with E-state index < -0.39 is 0 Å². The monoisotopic (exact) mass is 262 g/mol. The normalized spacial score (nSPS) is 10.6. The van der Waals surface area contributed by atoms with E-state index in [2.05, 4.69) is 34.2 Å². The zero-order valence-corrected chi connectivity index (χ0v) is 11.6. The van der Waals surface area contributed by atoms with Crippen molar-refractivity contribution in [2.24, 2.45) is 7.05 Å². The Morgan fingerprint density at radius 3 is 2.61 bits per heavy atom. The predicted octanol–water partition coefficient (Wildman–Crippen LogP) is 3.42. The van der Waals surface area contributed by atoms with Gasteiger partial charge in [-0.25, -0.2) is 5.10 Å². The van der Waals surface area contributed by atoms with E-state index in [-0.39, 0.29) is 0 Å². The summed E-state index contributed by atoms with van der Waals surface area (Å²) in [7, 11) is 1.93. The Morgan fingerprint density at radius 2 is 2.06 bits per heavy atom. The number of para-hydroxylation sites is 1. The molecule has 0 bridgehead atoms. The van der Waals surface area contributed by atoms with Crippen LogP contribution >= 0.6 is 12.2 Å². The maximum absolute atomic E-state index is 5.17. The molecule has 2 aromatic rings. The van der Waals surface area contributed by atoms with Gasteiger partial charge in [0.15, 0.2) is 4.77 Å². The molecule has 0 fully saturated rings. The van der Waals surface area contributed by atoms with Crippen LogP contribution in [0, 0.1) is 4.77 Å². The molecule has 1 N–H and O–H groups in total. The molecule has 0 amide bonds. The van der Waals surface area contributed by atoms with Crippen LogP contribution in [0.1, 0.15) is 19.8 Å². The molecule has 0 aliphatic rings. The topological polar surface area (TPSA) is 36.9 Å². The van der Waals surface area contributed by atoms with Crippen molar-refractivity contribution < 1.29 is 0 Å². The number of hydrogen-bond acceptors (Lipinski definition) is 3. The summed E-state index contributed by atoms with van der Waals surface area (Å²) in [6, 6.07) is 10.3. The number of unbranched alkanes of at least 4 members (excludes halogenated alkanes) is 1. The molecule has 0 spiro atoms.